The normalized spacial score (nSPS) is 14.1. The Morgan fingerprint density at radius 3 is 2.11 bits per heavy atom. The van der Waals surface area contributed by atoms with E-state index in [1.54, 1.807) is 18.3 Å². The Morgan fingerprint density at radius 1 is 0.697 bits per heavy atom. The van der Waals surface area contributed by atoms with Gasteiger partial charge in [-0.1, -0.05) is 151 Å². The molecule has 0 amide bonds. The van der Waals surface area contributed by atoms with Crippen LogP contribution < -0.4 is 0 Å². The molecule has 5 nitrogen and oxygen atoms in total. The third-order valence-corrected chi connectivity index (χ3v) is 11.7. The van der Waals surface area contributed by atoms with Crippen LogP contribution in [0.2, 0.25) is 0 Å². The van der Waals surface area contributed by atoms with Crippen LogP contribution in [0.5, 0.6) is 0 Å². The van der Waals surface area contributed by atoms with Crippen LogP contribution in [0.25, 0.3) is 94.4 Å². The Kier molecular flexibility index (Phi) is 9.99. The summed E-state index contributed by atoms with van der Waals surface area (Å²) in [5, 5.41) is 4.08. The molecule has 66 heavy (non-hydrogen) atoms. The van der Waals surface area contributed by atoms with E-state index in [4.69, 9.17) is 23.4 Å². The van der Waals surface area contributed by atoms with Crippen LogP contribution >= 0.6 is 0 Å². The number of aromatic nitrogens is 3. The number of nitrogens with zero attached hydrogens (tertiary/aromatic N) is 3. The summed E-state index contributed by atoms with van der Waals surface area (Å²) in [5.74, 6) is -1.25. The molecule has 1 radical (unpaired) electrons. The molecule has 0 saturated heterocycles. The number of benzene rings is 7. The maximum atomic E-state index is 8.83. The number of hydrogen-bond donors (Lipinski definition) is 0. The average molecular weight is 1050 g/mol. The Morgan fingerprint density at radius 2 is 1.39 bits per heavy atom. The smallest absolute Gasteiger partial charge is 0.177 e. The van der Waals surface area contributed by atoms with Crippen molar-refractivity contribution in [2.45, 2.75) is 73.5 Å². The van der Waals surface area contributed by atoms with Gasteiger partial charge in [-0.2, -0.15) is 0 Å². The summed E-state index contributed by atoms with van der Waals surface area (Å²) in [6, 6.07) is 52.6. The van der Waals surface area contributed by atoms with Gasteiger partial charge in [0.25, 0.3) is 0 Å². The van der Waals surface area contributed by atoms with E-state index in [0.29, 0.717) is 17.0 Å². The third kappa shape index (κ3) is 8.41. The number of rotatable bonds is 7. The third-order valence-electron chi connectivity index (χ3n) is 11.7. The summed E-state index contributed by atoms with van der Waals surface area (Å²) in [4.78, 5) is 9.53. The van der Waals surface area contributed by atoms with Crippen molar-refractivity contribution >= 4 is 54.9 Å². The predicted molar refractivity (Wildman–Crippen MR) is 270 cm³/mol. The molecule has 7 aromatic carbocycles. The molecule has 0 bridgehead atoms. The summed E-state index contributed by atoms with van der Waals surface area (Å²) in [5.41, 5.74) is 11.5. The Hall–Kier alpha value is -6.59. The molecule has 11 aromatic rings. The van der Waals surface area contributed by atoms with E-state index in [-0.39, 0.29) is 25.7 Å². The van der Waals surface area contributed by atoms with Crippen molar-refractivity contribution in [2.24, 2.45) is 5.41 Å². The number of imidazole rings is 1. The standard InChI is InChI=1S/C34H26NO2.C26H27N2.Ir/c1-34(2,3)20-21-11-13-22(14-12-21)23-17-18-35-29(19-23)28-9-6-8-25-27-16-15-26-24-7-4-5-10-30(24)36-32(26)33(27)37-31(25)28;1-17(2)21-9-8-10-22(18(3)4)25(21)28-24-12-7-6-11-23(24)27-26(28)20-15-13-19(5)14-16-20;/h4-8,10-19H,20H2,1-3H3;6-15,17-18H,1-5H3;/q2*-1;/i20D2;5D3,17D,18D;. The zero-order valence-corrected chi connectivity index (χ0v) is 40.3. The topological polar surface area (TPSA) is 57.0 Å². The average Bonchev–Trinajstić information content (AvgIpc) is 4.05. The largest absolute Gasteiger partial charge is 0.497 e. The van der Waals surface area contributed by atoms with Crippen LogP contribution in [0.4, 0.5) is 0 Å². The Balaban J connectivity index is 0.000000180. The Labute approximate surface area is 410 Å². The maximum Gasteiger partial charge on any atom is 0.177 e. The first-order valence-corrected chi connectivity index (χ1v) is 21.9. The van der Waals surface area contributed by atoms with Gasteiger partial charge in [0.2, 0.25) is 0 Å². The van der Waals surface area contributed by atoms with Crippen molar-refractivity contribution in [3.63, 3.8) is 0 Å². The molecule has 0 atom stereocenters. The fourth-order valence-electron chi connectivity index (χ4n) is 8.69. The first-order chi connectivity index (χ1) is 34.0. The van der Waals surface area contributed by atoms with Crippen LogP contribution in [0.1, 0.15) is 92.1 Å². The number of fused-ring (bicyclic) bond motifs is 8. The molecule has 4 heterocycles. The van der Waals surface area contributed by atoms with Crippen molar-refractivity contribution in [2.75, 3.05) is 0 Å². The SMILES string of the molecule is [2H]C([2H])([2H])c1c[c-]c(-c2nc3ccccc3n2-c2c(C([2H])(C)C)cccc2C([2H])(C)C)cc1.[2H]C([2H])(c1ccc(-c2ccnc(-c3[c-]ccc4c3oc3c4ccc4c5ccccc5oc43)c2)cc1)C(C)(C)C.[Ir]. The summed E-state index contributed by atoms with van der Waals surface area (Å²) in [6.45, 7) is 10.9. The molecule has 0 aliphatic heterocycles. The monoisotopic (exact) mass is 1050 g/mol. The van der Waals surface area contributed by atoms with E-state index in [1.807, 2.05) is 162 Å². The maximum absolute atomic E-state index is 8.83. The summed E-state index contributed by atoms with van der Waals surface area (Å²) in [7, 11) is 0. The van der Waals surface area contributed by atoms with E-state index in [0.717, 1.165) is 94.1 Å². The molecular formula is C60H53IrN3O2-2. The molecule has 0 aliphatic carbocycles. The van der Waals surface area contributed by atoms with Gasteiger partial charge in [0.05, 0.1) is 22.4 Å². The van der Waals surface area contributed by atoms with Gasteiger partial charge in [-0.25, -0.2) is 0 Å². The molecule has 0 N–H and O–H groups in total. The number of hydrogen-bond acceptors (Lipinski definition) is 4. The van der Waals surface area contributed by atoms with Crippen LogP contribution in [0, 0.1) is 24.4 Å². The van der Waals surface area contributed by atoms with E-state index in [1.165, 1.54) is 6.07 Å². The second-order valence-electron chi connectivity index (χ2n) is 17.9. The van der Waals surface area contributed by atoms with Crippen molar-refractivity contribution in [3.8, 4) is 39.5 Å². The molecule has 11 rings (SSSR count). The second kappa shape index (κ2) is 18.0. The molecule has 0 aliphatic rings. The first kappa shape index (κ1) is 36.6. The van der Waals surface area contributed by atoms with Crippen molar-refractivity contribution < 1.29 is 38.5 Å². The van der Waals surface area contributed by atoms with Crippen LogP contribution in [0.3, 0.4) is 0 Å². The molecule has 331 valence electrons. The minimum Gasteiger partial charge on any atom is -0.497 e. The summed E-state index contributed by atoms with van der Waals surface area (Å²) >= 11 is 0. The van der Waals surface area contributed by atoms with E-state index in [9.17, 15) is 0 Å². The van der Waals surface area contributed by atoms with Gasteiger partial charge in [0.1, 0.15) is 5.58 Å². The van der Waals surface area contributed by atoms with Gasteiger partial charge in [-0.3, -0.25) is 4.98 Å². The second-order valence-corrected chi connectivity index (χ2v) is 17.9. The number of para-hydroxylation sites is 4. The van der Waals surface area contributed by atoms with Crippen molar-refractivity contribution in [1.82, 2.24) is 14.5 Å². The van der Waals surface area contributed by atoms with Gasteiger partial charge in [-0.05, 0) is 87.4 Å². The molecular weight excluding hydrogens is 987 g/mol. The van der Waals surface area contributed by atoms with E-state index in [2.05, 4.69) is 35.3 Å². The zero-order chi connectivity index (χ0) is 51.1. The molecule has 0 spiro atoms. The summed E-state index contributed by atoms with van der Waals surface area (Å²) < 4.78 is 72.5. The van der Waals surface area contributed by atoms with Crippen molar-refractivity contribution in [3.05, 3.63) is 186 Å². The van der Waals surface area contributed by atoms with Gasteiger partial charge in [0.15, 0.2) is 11.2 Å². The fraction of sp³-hybridized carbons (Fsp3) is 0.200. The van der Waals surface area contributed by atoms with Gasteiger partial charge in [-0.15, -0.1) is 53.6 Å². The molecule has 4 aromatic heterocycles. The number of pyridine rings is 1. The van der Waals surface area contributed by atoms with E-state index >= 15 is 0 Å². The molecule has 0 fully saturated rings. The first-order valence-electron chi connectivity index (χ1n) is 25.4. The van der Waals surface area contributed by atoms with Crippen LogP contribution in [-0.2, 0) is 26.5 Å². The molecule has 0 saturated carbocycles. The molecule has 6 heteroatoms. The minimum atomic E-state index is -2.21. The molecule has 0 unspecified atom stereocenters. The minimum absolute atomic E-state index is 0. The van der Waals surface area contributed by atoms with Gasteiger partial charge >= 0.3 is 0 Å². The fourth-order valence-corrected chi connectivity index (χ4v) is 8.69. The number of aryl methyl sites for hydroxylation is 1. The van der Waals surface area contributed by atoms with Crippen molar-refractivity contribution in [1.29, 1.82) is 0 Å². The quantitative estimate of drug-likeness (QED) is 0.149. The van der Waals surface area contributed by atoms with Crippen LogP contribution in [-0.4, -0.2) is 14.5 Å². The Bertz CT molecular complexity index is 3800. The van der Waals surface area contributed by atoms with Gasteiger partial charge < -0.3 is 18.4 Å². The summed E-state index contributed by atoms with van der Waals surface area (Å²) in [6.07, 6.45) is 0.353. The zero-order valence-electron chi connectivity index (χ0n) is 44.9. The predicted octanol–water partition coefficient (Wildman–Crippen LogP) is 16.6. The number of furan rings is 2. The van der Waals surface area contributed by atoms with E-state index < -0.39 is 30.4 Å². The van der Waals surface area contributed by atoms with Crippen LogP contribution in [0.15, 0.2) is 161 Å². The van der Waals surface area contributed by atoms with Gasteiger partial charge in [0, 0.05) is 57.7 Å².